The summed E-state index contributed by atoms with van der Waals surface area (Å²) in [6.45, 7) is 7.02. The number of halogens is 1. The average molecular weight is 392 g/mol. The highest BCUT2D eigenvalue weighted by Crippen LogP contribution is 2.65. The third kappa shape index (κ3) is 2.59. The Morgan fingerprint density at radius 3 is 2.62 bits per heavy atom. The normalized spacial score (nSPS) is 37.7. The first kappa shape index (κ1) is 17.1. The summed E-state index contributed by atoms with van der Waals surface area (Å²) >= 11 is 3.47. The van der Waals surface area contributed by atoms with Gasteiger partial charge < -0.3 is 15.0 Å². The molecule has 1 heterocycles. The smallest absolute Gasteiger partial charge is 0.404 e. The molecule has 1 aromatic rings. The second-order valence-corrected chi connectivity index (χ2v) is 9.58. The standard InChI is InChI=1S/C19H27BBrNO2/c1-18(2)13-10-15(18)19(3)16(11-13)23-20(24-19)17(22)9-6-12-4-7-14(21)8-5-12/h4-5,7-8,13,15-17H,6,9-11,22H2,1-3H3/t13-,15-,16+,17-,19-/m0/s1. The first-order valence-electron chi connectivity index (χ1n) is 9.14. The number of hydrogen-bond donors (Lipinski definition) is 1. The summed E-state index contributed by atoms with van der Waals surface area (Å²) in [6.07, 6.45) is 4.46. The van der Waals surface area contributed by atoms with E-state index in [4.69, 9.17) is 15.0 Å². The van der Waals surface area contributed by atoms with Gasteiger partial charge in [0, 0.05) is 10.4 Å². The summed E-state index contributed by atoms with van der Waals surface area (Å²) in [5.74, 6) is 1.30. The van der Waals surface area contributed by atoms with Crippen molar-refractivity contribution in [1.82, 2.24) is 0 Å². The lowest BCUT2D eigenvalue weighted by Gasteiger charge is -2.64. The Hall–Kier alpha value is -0.355. The molecule has 0 aromatic heterocycles. The van der Waals surface area contributed by atoms with Crippen molar-refractivity contribution >= 4 is 23.0 Å². The van der Waals surface area contributed by atoms with Crippen LogP contribution in [0.25, 0.3) is 0 Å². The van der Waals surface area contributed by atoms with Gasteiger partial charge in [0.25, 0.3) is 0 Å². The molecule has 1 aromatic carbocycles. The minimum atomic E-state index is -0.259. The van der Waals surface area contributed by atoms with E-state index < -0.39 is 0 Å². The van der Waals surface area contributed by atoms with Crippen LogP contribution < -0.4 is 5.73 Å². The van der Waals surface area contributed by atoms with Crippen molar-refractivity contribution in [2.75, 3.05) is 0 Å². The quantitative estimate of drug-likeness (QED) is 0.789. The van der Waals surface area contributed by atoms with Crippen molar-refractivity contribution in [3.8, 4) is 0 Å². The highest BCUT2D eigenvalue weighted by molar-refractivity contribution is 9.10. The lowest BCUT2D eigenvalue weighted by atomic mass is 9.43. The van der Waals surface area contributed by atoms with Crippen LogP contribution in [-0.4, -0.2) is 24.8 Å². The van der Waals surface area contributed by atoms with E-state index in [0.29, 0.717) is 11.3 Å². The van der Waals surface area contributed by atoms with Crippen molar-refractivity contribution in [2.45, 2.75) is 64.1 Å². The van der Waals surface area contributed by atoms with Crippen LogP contribution in [0.5, 0.6) is 0 Å². The van der Waals surface area contributed by atoms with Crippen molar-refractivity contribution in [3.05, 3.63) is 34.3 Å². The molecule has 3 saturated carbocycles. The molecular formula is C19H27BBrNO2. The zero-order valence-electron chi connectivity index (χ0n) is 14.8. The van der Waals surface area contributed by atoms with E-state index in [1.165, 1.54) is 12.0 Å². The van der Waals surface area contributed by atoms with E-state index in [2.05, 4.69) is 61.0 Å². The Morgan fingerprint density at radius 2 is 1.96 bits per heavy atom. The fraction of sp³-hybridized carbons (Fsp3) is 0.684. The topological polar surface area (TPSA) is 44.5 Å². The van der Waals surface area contributed by atoms with Gasteiger partial charge in [0.2, 0.25) is 0 Å². The van der Waals surface area contributed by atoms with E-state index in [1.807, 2.05) is 0 Å². The van der Waals surface area contributed by atoms with Gasteiger partial charge in [0.1, 0.15) is 0 Å². The molecule has 4 fully saturated rings. The first-order chi connectivity index (χ1) is 11.3. The van der Waals surface area contributed by atoms with E-state index >= 15 is 0 Å². The van der Waals surface area contributed by atoms with Gasteiger partial charge in [0.05, 0.1) is 11.7 Å². The molecule has 24 heavy (non-hydrogen) atoms. The molecule has 4 aliphatic rings. The van der Waals surface area contributed by atoms with Crippen LogP contribution in [0.15, 0.2) is 28.7 Å². The molecule has 3 aliphatic carbocycles. The van der Waals surface area contributed by atoms with Crippen molar-refractivity contribution in [1.29, 1.82) is 0 Å². The summed E-state index contributed by atoms with van der Waals surface area (Å²) in [7, 11) is -0.259. The van der Waals surface area contributed by atoms with E-state index in [1.54, 1.807) is 0 Å². The molecule has 1 aliphatic heterocycles. The molecule has 5 rings (SSSR count). The van der Waals surface area contributed by atoms with Crippen LogP contribution in [0.2, 0.25) is 0 Å². The molecule has 3 nitrogen and oxygen atoms in total. The van der Waals surface area contributed by atoms with Gasteiger partial charge in [-0.3, -0.25) is 0 Å². The van der Waals surface area contributed by atoms with Crippen molar-refractivity contribution in [3.63, 3.8) is 0 Å². The number of benzene rings is 1. The third-order valence-electron chi connectivity index (χ3n) is 7.00. The molecule has 0 spiro atoms. The highest BCUT2D eigenvalue weighted by Gasteiger charge is 2.68. The predicted octanol–water partition coefficient (Wildman–Crippen LogP) is 3.98. The summed E-state index contributed by atoms with van der Waals surface area (Å²) in [5, 5.41) is 0. The van der Waals surface area contributed by atoms with E-state index in [0.717, 1.165) is 29.7 Å². The van der Waals surface area contributed by atoms with Gasteiger partial charge in [-0.05, 0) is 67.6 Å². The molecule has 5 atom stereocenters. The Kier molecular flexibility index (Phi) is 4.15. The lowest BCUT2D eigenvalue weighted by Crippen LogP contribution is -2.65. The molecule has 0 unspecified atom stereocenters. The number of aryl methyl sites for hydroxylation is 1. The maximum Gasteiger partial charge on any atom is 0.475 e. The molecule has 1 saturated heterocycles. The molecule has 2 bridgehead atoms. The van der Waals surface area contributed by atoms with Gasteiger partial charge in [0.15, 0.2) is 0 Å². The zero-order chi connectivity index (χ0) is 17.1. The van der Waals surface area contributed by atoms with E-state index in [-0.39, 0.29) is 24.8 Å². The lowest BCUT2D eigenvalue weighted by molar-refractivity contribution is -0.199. The number of hydrogen-bond acceptors (Lipinski definition) is 3. The second-order valence-electron chi connectivity index (χ2n) is 8.67. The van der Waals surface area contributed by atoms with Gasteiger partial charge in [-0.25, -0.2) is 0 Å². The first-order valence-corrected chi connectivity index (χ1v) is 9.93. The third-order valence-corrected chi connectivity index (χ3v) is 7.53. The Morgan fingerprint density at radius 1 is 1.25 bits per heavy atom. The van der Waals surface area contributed by atoms with Crippen LogP contribution in [0.4, 0.5) is 0 Å². The fourth-order valence-electron chi connectivity index (χ4n) is 5.20. The SMILES string of the molecule is CC1(C)[C@@H]2C[C@H]3OB([C@@H](N)CCc4ccc(Br)cc4)O[C@@]3(C)[C@H]1C2. The van der Waals surface area contributed by atoms with Crippen LogP contribution in [0, 0.1) is 17.3 Å². The largest absolute Gasteiger partial charge is 0.475 e. The van der Waals surface area contributed by atoms with Crippen LogP contribution in [-0.2, 0) is 15.7 Å². The fourth-order valence-corrected chi connectivity index (χ4v) is 5.47. The van der Waals surface area contributed by atoms with Crippen LogP contribution in [0.1, 0.15) is 45.6 Å². The molecule has 2 N–H and O–H groups in total. The highest BCUT2D eigenvalue weighted by atomic mass is 79.9. The Bertz CT molecular complexity index is 622. The van der Waals surface area contributed by atoms with Crippen molar-refractivity contribution < 1.29 is 9.31 Å². The van der Waals surface area contributed by atoms with Gasteiger partial charge in [-0.15, -0.1) is 0 Å². The molecule has 5 heteroatoms. The maximum absolute atomic E-state index is 6.45. The average Bonchev–Trinajstić information content (AvgIpc) is 2.91. The van der Waals surface area contributed by atoms with E-state index in [9.17, 15) is 0 Å². The zero-order valence-corrected chi connectivity index (χ0v) is 16.4. The van der Waals surface area contributed by atoms with Crippen molar-refractivity contribution in [2.24, 2.45) is 23.0 Å². The molecule has 0 amide bonds. The second kappa shape index (κ2) is 5.83. The predicted molar refractivity (Wildman–Crippen MR) is 101 cm³/mol. The number of rotatable bonds is 4. The summed E-state index contributed by atoms with van der Waals surface area (Å²) in [5.41, 5.74) is 7.97. The summed E-state index contributed by atoms with van der Waals surface area (Å²) in [6, 6.07) is 8.44. The summed E-state index contributed by atoms with van der Waals surface area (Å²) in [4.78, 5) is 0. The monoisotopic (exact) mass is 391 g/mol. The Labute approximate surface area is 153 Å². The minimum absolute atomic E-state index is 0.0728. The molecular weight excluding hydrogens is 365 g/mol. The minimum Gasteiger partial charge on any atom is -0.404 e. The molecule has 130 valence electrons. The number of nitrogens with two attached hydrogens (primary N) is 1. The molecule has 0 radical (unpaired) electrons. The van der Waals surface area contributed by atoms with Crippen LogP contribution in [0.3, 0.4) is 0 Å². The Balaban J connectivity index is 1.39. The maximum atomic E-state index is 6.45. The van der Waals surface area contributed by atoms with Crippen LogP contribution >= 0.6 is 15.9 Å². The summed E-state index contributed by atoms with van der Waals surface area (Å²) < 4.78 is 13.8. The van der Waals surface area contributed by atoms with Gasteiger partial charge in [-0.2, -0.15) is 0 Å². The van der Waals surface area contributed by atoms with Gasteiger partial charge >= 0.3 is 7.12 Å². The van der Waals surface area contributed by atoms with Gasteiger partial charge in [-0.1, -0.05) is 41.9 Å².